The van der Waals surface area contributed by atoms with E-state index in [1.807, 2.05) is 12.1 Å². The minimum atomic E-state index is 0.281. The van der Waals surface area contributed by atoms with Gasteiger partial charge in [-0.15, -0.1) is 0 Å². The molecular weight excluding hydrogens is 252 g/mol. The molecule has 0 amide bonds. The number of morpholine rings is 1. The minimum Gasteiger partial charge on any atom is -0.374 e. The van der Waals surface area contributed by atoms with E-state index in [9.17, 15) is 0 Å². The number of aromatic nitrogens is 2. The second kappa shape index (κ2) is 5.91. The molecule has 1 atom stereocenters. The molecular formula is C15H22N4O. The number of fused-ring (bicyclic) bond motifs is 1. The molecule has 1 fully saturated rings. The Balaban J connectivity index is 1.58. The van der Waals surface area contributed by atoms with E-state index in [0.29, 0.717) is 0 Å². The fourth-order valence-corrected chi connectivity index (χ4v) is 2.69. The summed E-state index contributed by atoms with van der Waals surface area (Å²) in [6, 6.07) is 8.23. The third-order valence-electron chi connectivity index (χ3n) is 3.88. The smallest absolute Gasteiger partial charge is 0.123 e. The number of aryl methyl sites for hydroxylation is 1. The molecule has 0 saturated carbocycles. The summed E-state index contributed by atoms with van der Waals surface area (Å²) in [5, 5.41) is 3.46. The Morgan fingerprint density at radius 2 is 2.20 bits per heavy atom. The Bertz CT molecular complexity index is 580. The van der Waals surface area contributed by atoms with Crippen molar-refractivity contribution in [2.75, 3.05) is 33.3 Å². The molecule has 1 aliphatic heterocycles. The molecule has 2 heterocycles. The lowest BCUT2D eigenvalue weighted by Gasteiger charge is -2.30. The summed E-state index contributed by atoms with van der Waals surface area (Å²) in [4.78, 5) is 6.97. The van der Waals surface area contributed by atoms with Crippen LogP contribution in [-0.2, 0) is 18.3 Å². The molecule has 5 heteroatoms. The van der Waals surface area contributed by atoms with Gasteiger partial charge in [0.2, 0.25) is 0 Å². The summed E-state index contributed by atoms with van der Waals surface area (Å²) in [6.45, 7) is 4.49. The van der Waals surface area contributed by atoms with Crippen LogP contribution >= 0.6 is 0 Å². The third-order valence-corrected chi connectivity index (χ3v) is 3.88. The number of imidazole rings is 1. The first-order valence-electron chi connectivity index (χ1n) is 7.15. The topological polar surface area (TPSA) is 42.3 Å². The van der Waals surface area contributed by atoms with E-state index in [1.54, 1.807) is 0 Å². The van der Waals surface area contributed by atoms with Crippen LogP contribution in [0, 0.1) is 0 Å². The van der Waals surface area contributed by atoms with Crippen LogP contribution in [0.4, 0.5) is 0 Å². The fraction of sp³-hybridized carbons (Fsp3) is 0.533. The van der Waals surface area contributed by atoms with Crippen molar-refractivity contribution in [3.63, 3.8) is 0 Å². The molecule has 2 aromatic rings. The minimum absolute atomic E-state index is 0.281. The number of para-hydroxylation sites is 2. The molecule has 1 aliphatic rings. The van der Waals surface area contributed by atoms with Crippen LogP contribution in [0.3, 0.4) is 0 Å². The van der Waals surface area contributed by atoms with E-state index in [2.05, 4.69) is 46.0 Å². The van der Waals surface area contributed by atoms with Crippen molar-refractivity contribution in [3.05, 3.63) is 30.1 Å². The van der Waals surface area contributed by atoms with E-state index < -0.39 is 0 Å². The summed E-state index contributed by atoms with van der Waals surface area (Å²) < 4.78 is 7.89. The third kappa shape index (κ3) is 2.85. The SMILES string of the molecule is CN1CCO[C@H](CNCc2nc3ccccc3n2C)C1. The molecule has 0 unspecified atom stereocenters. The predicted octanol–water partition coefficient (Wildman–Crippen LogP) is 0.993. The second-order valence-electron chi connectivity index (χ2n) is 5.46. The van der Waals surface area contributed by atoms with Crippen molar-refractivity contribution in [2.24, 2.45) is 7.05 Å². The van der Waals surface area contributed by atoms with Gasteiger partial charge in [0.15, 0.2) is 0 Å². The van der Waals surface area contributed by atoms with Crippen molar-refractivity contribution < 1.29 is 4.74 Å². The van der Waals surface area contributed by atoms with E-state index in [4.69, 9.17) is 4.74 Å². The average Bonchev–Trinajstić information content (AvgIpc) is 2.76. The van der Waals surface area contributed by atoms with E-state index in [-0.39, 0.29) is 6.10 Å². The zero-order valence-electron chi connectivity index (χ0n) is 12.2. The molecule has 1 aromatic heterocycles. The first kappa shape index (κ1) is 13.5. The van der Waals surface area contributed by atoms with E-state index in [0.717, 1.165) is 44.1 Å². The van der Waals surface area contributed by atoms with E-state index >= 15 is 0 Å². The fourth-order valence-electron chi connectivity index (χ4n) is 2.69. The van der Waals surface area contributed by atoms with E-state index in [1.165, 1.54) is 5.52 Å². The highest BCUT2D eigenvalue weighted by Crippen LogP contribution is 2.14. The summed E-state index contributed by atoms with van der Waals surface area (Å²) >= 11 is 0. The molecule has 1 N–H and O–H groups in total. The van der Waals surface area contributed by atoms with Crippen molar-refractivity contribution in [1.29, 1.82) is 0 Å². The van der Waals surface area contributed by atoms with Crippen LogP contribution in [0.2, 0.25) is 0 Å². The Morgan fingerprint density at radius 3 is 3.00 bits per heavy atom. The first-order valence-corrected chi connectivity index (χ1v) is 7.15. The standard InChI is InChI=1S/C15H22N4O/c1-18-7-8-20-12(11-18)9-16-10-15-17-13-5-3-4-6-14(13)19(15)2/h3-6,12,16H,7-11H2,1-2H3/t12-/m1/s1. The lowest BCUT2D eigenvalue weighted by molar-refractivity contribution is -0.0183. The van der Waals surface area contributed by atoms with Gasteiger partial charge in [-0.05, 0) is 19.2 Å². The maximum Gasteiger partial charge on any atom is 0.123 e. The van der Waals surface area contributed by atoms with Gasteiger partial charge in [0.25, 0.3) is 0 Å². The van der Waals surface area contributed by atoms with Crippen molar-refractivity contribution >= 4 is 11.0 Å². The maximum absolute atomic E-state index is 5.74. The lowest BCUT2D eigenvalue weighted by atomic mass is 10.3. The molecule has 0 bridgehead atoms. The number of nitrogens with zero attached hydrogens (tertiary/aromatic N) is 3. The Kier molecular flexibility index (Phi) is 4.00. The lowest BCUT2D eigenvalue weighted by Crippen LogP contribution is -2.44. The molecule has 20 heavy (non-hydrogen) atoms. The molecule has 0 aliphatic carbocycles. The zero-order chi connectivity index (χ0) is 13.9. The van der Waals surface area contributed by atoms with Gasteiger partial charge in [-0.3, -0.25) is 0 Å². The Hall–Kier alpha value is -1.43. The number of nitrogens with one attached hydrogen (secondary N) is 1. The van der Waals surface area contributed by atoms with Gasteiger partial charge >= 0.3 is 0 Å². The van der Waals surface area contributed by atoms with Gasteiger partial charge in [0, 0.05) is 26.7 Å². The van der Waals surface area contributed by atoms with Gasteiger partial charge in [0.1, 0.15) is 5.82 Å². The molecule has 0 spiro atoms. The van der Waals surface area contributed by atoms with Crippen LogP contribution in [0.1, 0.15) is 5.82 Å². The van der Waals surface area contributed by atoms with Gasteiger partial charge in [-0.2, -0.15) is 0 Å². The quantitative estimate of drug-likeness (QED) is 0.903. The summed E-state index contributed by atoms with van der Waals surface area (Å²) in [6.07, 6.45) is 0.281. The largest absolute Gasteiger partial charge is 0.374 e. The van der Waals surface area contributed by atoms with Crippen LogP contribution < -0.4 is 5.32 Å². The predicted molar refractivity (Wildman–Crippen MR) is 79.7 cm³/mol. The molecule has 5 nitrogen and oxygen atoms in total. The number of hydrogen-bond donors (Lipinski definition) is 1. The molecule has 0 radical (unpaired) electrons. The molecule has 1 saturated heterocycles. The number of rotatable bonds is 4. The monoisotopic (exact) mass is 274 g/mol. The van der Waals surface area contributed by atoms with Gasteiger partial charge in [-0.1, -0.05) is 12.1 Å². The summed E-state index contributed by atoms with van der Waals surface area (Å²) in [7, 11) is 4.21. The second-order valence-corrected chi connectivity index (χ2v) is 5.46. The van der Waals surface area contributed by atoms with Crippen molar-refractivity contribution in [1.82, 2.24) is 19.8 Å². The van der Waals surface area contributed by atoms with Gasteiger partial charge < -0.3 is 19.5 Å². The molecule has 3 rings (SSSR count). The Labute approximate surface area is 119 Å². The molecule has 1 aromatic carbocycles. The number of hydrogen-bond acceptors (Lipinski definition) is 4. The van der Waals surface area contributed by atoms with Crippen LogP contribution in [0.15, 0.2) is 24.3 Å². The summed E-state index contributed by atoms with van der Waals surface area (Å²) in [5.41, 5.74) is 2.23. The molecule has 108 valence electrons. The number of likely N-dealkylation sites (N-methyl/N-ethyl adjacent to an activating group) is 1. The van der Waals surface area contributed by atoms with Crippen LogP contribution in [-0.4, -0.2) is 53.8 Å². The maximum atomic E-state index is 5.74. The highest BCUT2D eigenvalue weighted by atomic mass is 16.5. The Morgan fingerprint density at radius 1 is 1.35 bits per heavy atom. The normalized spacial score (nSPS) is 20.6. The van der Waals surface area contributed by atoms with Crippen molar-refractivity contribution in [3.8, 4) is 0 Å². The van der Waals surface area contributed by atoms with Crippen LogP contribution in [0.5, 0.6) is 0 Å². The first-order chi connectivity index (χ1) is 9.74. The summed E-state index contributed by atoms with van der Waals surface area (Å²) in [5.74, 6) is 1.07. The zero-order valence-corrected chi connectivity index (χ0v) is 12.2. The number of ether oxygens (including phenoxy) is 1. The van der Waals surface area contributed by atoms with Crippen molar-refractivity contribution in [2.45, 2.75) is 12.6 Å². The average molecular weight is 274 g/mol. The van der Waals surface area contributed by atoms with Gasteiger partial charge in [-0.25, -0.2) is 4.98 Å². The van der Waals surface area contributed by atoms with Crippen LogP contribution in [0.25, 0.3) is 11.0 Å². The van der Waals surface area contributed by atoms with Gasteiger partial charge in [0.05, 0.1) is 30.3 Å². The number of benzene rings is 1. The highest BCUT2D eigenvalue weighted by molar-refractivity contribution is 5.75. The highest BCUT2D eigenvalue weighted by Gasteiger charge is 2.17.